The molecule has 0 aliphatic carbocycles. The molecule has 0 saturated carbocycles. The van der Waals surface area contributed by atoms with E-state index in [1.165, 1.54) is 12.5 Å². The van der Waals surface area contributed by atoms with Crippen molar-refractivity contribution in [3.8, 4) is 23.0 Å². The molecule has 1 aliphatic heterocycles. The number of methoxy groups -OCH3 is 3. The number of nitrogens with two attached hydrogens (primary N) is 2. The van der Waals surface area contributed by atoms with Crippen LogP contribution in [0.5, 0.6) is 23.0 Å². The third-order valence-corrected chi connectivity index (χ3v) is 7.28. The van der Waals surface area contributed by atoms with Gasteiger partial charge in [-0.15, -0.1) is 0 Å². The van der Waals surface area contributed by atoms with Gasteiger partial charge in [0.15, 0.2) is 23.2 Å². The molecule has 0 bridgehead atoms. The van der Waals surface area contributed by atoms with E-state index in [9.17, 15) is 9.59 Å². The predicted octanol–water partition coefficient (Wildman–Crippen LogP) is 3.48. The van der Waals surface area contributed by atoms with Crippen molar-refractivity contribution in [3.05, 3.63) is 47.0 Å². The molecule has 1 aliphatic rings. The summed E-state index contributed by atoms with van der Waals surface area (Å²) in [5.74, 6) is 1.15. The smallest absolute Gasteiger partial charge is 0.283 e. The Balaban J connectivity index is 1.61. The first kappa shape index (κ1) is 32.7. The van der Waals surface area contributed by atoms with Crippen molar-refractivity contribution in [1.82, 2.24) is 9.80 Å². The van der Waals surface area contributed by atoms with Gasteiger partial charge >= 0.3 is 0 Å². The molecule has 0 aromatic heterocycles. The summed E-state index contributed by atoms with van der Waals surface area (Å²) in [5.41, 5.74) is 12.5. The second-order valence-electron chi connectivity index (χ2n) is 10.3. The second-order valence-corrected chi connectivity index (χ2v) is 10.3. The van der Waals surface area contributed by atoms with Gasteiger partial charge in [-0.25, -0.2) is 0 Å². The molecule has 230 valence electrons. The van der Waals surface area contributed by atoms with Crippen molar-refractivity contribution in [2.75, 3.05) is 60.7 Å². The van der Waals surface area contributed by atoms with E-state index >= 15 is 0 Å². The number of carbonyl (C=O) groups excluding carboxylic acids is 2. The minimum absolute atomic E-state index is 0.0881. The van der Waals surface area contributed by atoms with E-state index in [1.54, 1.807) is 33.5 Å². The lowest BCUT2D eigenvalue weighted by Gasteiger charge is -2.34. The first-order valence-corrected chi connectivity index (χ1v) is 14.5. The molecule has 0 atom stereocenters. The minimum Gasteiger partial charge on any atom is -0.493 e. The molecule has 11 nitrogen and oxygen atoms in total. The highest BCUT2D eigenvalue weighted by Gasteiger charge is 2.24. The molecule has 2 aromatic rings. The molecular formula is C31H45N5O6. The number of carbonyl (C=O) groups is 2. The summed E-state index contributed by atoms with van der Waals surface area (Å²) < 4.78 is 22.4. The van der Waals surface area contributed by atoms with Gasteiger partial charge in [0.1, 0.15) is 5.75 Å². The van der Waals surface area contributed by atoms with Crippen LogP contribution in [0.1, 0.15) is 65.3 Å². The average molecular weight is 584 g/mol. The Morgan fingerprint density at radius 3 is 2.14 bits per heavy atom. The third-order valence-electron chi connectivity index (χ3n) is 7.28. The van der Waals surface area contributed by atoms with E-state index in [0.717, 1.165) is 57.4 Å². The van der Waals surface area contributed by atoms with Crippen LogP contribution in [0.25, 0.3) is 0 Å². The number of ketones is 1. The quantitative estimate of drug-likeness (QED) is 0.131. The van der Waals surface area contributed by atoms with E-state index < -0.39 is 5.91 Å². The summed E-state index contributed by atoms with van der Waals surface area (Å²) in [6.07, 6.45) is 5.42. The van der Waals surface area contributed by atoms with E-state index in [-0.39, 0.29) is 23.9 Å². The molecule has 42 heavy (non-hydrogen) atoms. The van der Waals surface area contributed by atoms with E-state index in [0.29, 0.717) is 41.7 Å². The highest BCUT2D eigenvalue weighted by atomic mass is 16.5. The number of unbranched alkanes of at least 4 members (excludes halogenated alkanes) is 4. The second kappa shape index (κ2) is 16.6. The standard InChI is InChI=1S/C31H45N5O6/c1-5-6-7-8-9-18-42-26-12-10-22(19-24(26)30(38)34-31(32)33)25(37)21-36-16-14-35(15-17-36)20-23-11-13-27(39-2)29(41-4)28(23)40-3/h10-13,19H,5-9,14-18,20-21H2,1-4H3,(H4,32,33,34,38). The molecule has 4 N–H and O–H groups in total. The van der Waals surface area contributed by atoms with Crippen LogP contribution < -0.4 is 30.4 Å². The first-order chi connectivity index (χ1) is 20.3. The van der Waals surface area contributed by atoms with Crippen LogP contribution in [0.4, 0.5) is 0 Å². The van der Waals surface area contributed by atoms with E-state index in [2.05, 4.69) is 21.7 Å². The fourth-order valence-electron chi connectivity index (χ4n) is 4.99. The van der Waals surface area contributed by atoms with Gasteiger partial charge in [-0.3, -0.25) is 19.4 Å². The Bertz CT molecular complexity index is 1220. The van der Waals surface area contributed by atoms with Gasteiger partial charge in [-0.05, 0) is 30.7 Å². The van der Waals surface area contributed by atoms with Crippen LogP contribution in [0, 0.1) is 0 Å². The molecule has 1 amide bonds. The van der Waals surface area contributed by atoms with Crippen LogP contribution in [0.2, 0.25) is 0 Å². The molecule has 2 aromatic carbocycles. The number of hydrogen-bond donors (Lipinski definition) is 2. The maximum atomic E-state index is 13.2. The molecule has 0 unspecified atom stereocenters. The van der Waals surface area contributed by atoms with Gasteiger partial charge in [-0.2, -0.15) is 4.99 Å². The molecule has 0 radical (unpaired) electrons. The molecule has 11 heteroatoms. The first-order valence-electron chi connectivity index (χ1n) is 14.5. The lowest BCUT2D eigenvalue weighted by molar-refractivity contribution is 0.0842. The largest absolute Gasteiger partial charge is 0.493 e. The summed E-state index contributed by atoms with van der Waals surface area (Å²) in [7, 11) is 4.81. The number of piperazine rings is 1. The topological polar surface area (TPSA) is 142 Å². The van der Waals surface area contributed by atoms with Crippen LogP contribution >= 0.6 is 0 Å². The molecule has 1 saturated heterocycles. The number of nitrogens with zero attached hydrogens (tertiary/aromatic N) is 3. The number of rotatable bonds is 16. The van der Waals surface area contributed by atoms with Crippen LogP contribution in [-0.4, -0.2) is 88.1 Å². The van der Waals surface area contributed by atoms with Crippen molar-refractivity contribution < 1.29 is 28.5 Å². The number of Topliss-reactive ketones (excluding diaryl/α,β-unsaturated/α-hetero) is 1. The van der Waals surface area contributed by atoms with Gasteiger partial charge in [0.25, 0.3) is 5.91 Å². The number of aliphatic imine (C=N–C) groups is 1. The average Bonchev–Trinajstić information content (AvgIpc) is 2.99. The number of hydrogen-bond acceptors (Lipinski definition) is 8. The minimum atomic E-state index is -0.634. The summed E-state index contributed by atoms with van der Waals surface area (Å²) in [5, 5.41) is 0. The van der Waals surface area contributed by atoms with Crippen LogP contribution in [-0.2, 0) is 6.54 Å². The highest BCUT2D eigenvalue weighted by molar-refractivity contribution is 6.06. The summed E-state index contributed by atoms with van der Waals surface area (Å²) in [6.45, 7) is 6.57. The third kappa shape index (κ3) is 9.09. The van der Waals surface area contributed by atoms with Gasteiger partial charge < -0.3 is 30.4 Å². The normalized spacial score (nSPS) is 13.8. The van der Waals surface area contributed by atoms with Gasteiger partial charge in [0.2, 0.25) is 5.75 Å². The van der Waals surface area contributed by atoms with Crippen LogP contribution in [0.3, 0.4) is 0 Å². The fraction of sp³-hybridized carbons (Fsp3) is 0.516. The summed E-state index contributed by atoms with van der Waals surface area (Å²) >= 11 is 0. The van der Waals surface area contributed by atoms with E-state index in [4.69, 9.17) is 30.4 Å². The molecular weight excluding hydrogens is 538 g/mol. The molecule has 1 fully saturated rings. The Labute approximate surface area is 248 Å². The Kier molecular flexibility index (Phi) is 12.9. The maximum Gasteiger partial charge on any atom is 0.283 e. The van der Waals surface area contributed by atoms with Gasteiger partial charge in [-0.1, -0.05) is 38.7 Å². The number of benzene rings is 2. The van der Waals surface area contributed by atoms with Crippen molar-refractivity contribution >= 4 is 17.6 Å². The fourth-order valence-corrected chi connectivity index (χ4v) is 4.99. The van der Waals surface area contributed by atoms with Crippen LogP contribution in [0.15, 0.2) is 35.3 Å². The lowest BCUT2D eigenvalue weighted by atomic mass is 10.0. The Hall–Kier alpha value is -3.83. The number of guanidine groups is 1. The Morgan fingerprint density at radius 1 is 0.833 bits per heavy atom. The van der Waals surface area contributed by atoms with Crippen molar-refractivity contribution in [1.29, 1.82) is 0 Å². The zero-order valence-electron chi connectivity index (χ0n) is 25.3. The Morgan fingerprint density at radius 2 is 1.50 bits per heavy atom. The zero-order valence-corrected chi connectivity index (χ0v) is 25.3. The molecule has 0 spiro atoms. The SMILES string of the molecule is CCCCCCCOc1ccc(C(=O)CN2CCN(Cc3ccc(OC)c(OC)c3OC)CC2)cc1C(=O)N=C(N)N. The number of amides is 1. The van der Waals surface area contributed by atoms with Crippen molar-refractivity contribution in [3.63, 3.8) is 0 Å². The highest BCUT2D eigenvalue weighted by Crippen LogP contribution is 2.40. The zero-order chi connectivity index (χ0) is 30.5. The lowest BCUT2D eigenvalue weighted by Crippen LogP contribution is -2.47. The molecule has 1 heterocycles. The monoisotopic (exact) mass is 583 g/mol. The predicted molar refractivity (Wildman–Crippen MR) is 163 cm³/mol. The van der Waals surface area contributed by atoms with Gasteiger partial charge in [0.05, 0.1) is 40.0 Å². The number of ether oxygens (including phenoxy) is 4. The van der Waals surface area contributed by atoms with Crippen molar-refractivity contribution in [2.24, 2.45) is 16.5 Å². The van der Waals surface area contributed by atoms with Gasteiger partial charge in [0, 0.05) is 43.9 Å². The summed E-state index contributed by atoms with van der Waals surface area (Å²) in [6, 6.07) is 8.74. The van der Waals surface area contributed by atoms with E-state index in [1.807, 2.05) is 12.1 Å². The molecule has 3 rings (SSSR count). The maximum absolute atomic E-state index is 13.2. The van der Waals surface area contributed by atoms with Crippen molar-refractivity contribution in [2.45, 2.75) is 45.6 Å². The summed E-state index contributed by atoms with van der Waals surface area (Å²) in [4.78, 5) is 34.1.